The highest BCUT2D eigenvalue weighted by atomic mass is 14.9. The molecular weight excluding hydrogens is 244 g/mol. The van der Waals surface area contributed by atoms with Crippen molar-refractivity contribution in [3.05, 3.63) is 0 Å². The third kappa shape index (κ3) is 4.71. The van der Waals surface area contributed by atoms with E-state index >= 15 is 0 Å². The first kappa shape index (κ1) is 15.7. The Morgan fingerprint density at radius 2 is 0.900 bits per heavy atom. The summed E-state index contributed by atoms with van der Waals surface area (Å²) in [5.74, 6) is 1.81. The zero-order chi connectivity index (χ0) is 14.5. The first-order valence-corrected chi connectivity index (χ1v) is 8.63. The van der Waals surface area contributed by atoms with Gasteiger partial charge in [0, 0.05) is 0 Å². The molecule has 2 fully saturated rings. The van der Waals surface area contributed by atoms with Crippen molar-refractivity contribution in [1.29, 1.82) is 0 Å². The summed E-state index contributed by atoms with van der Waals surface area (Å²) >= 11 is 0. The average molecular weight is 276 g/mol. The number of aliphatic imine (C=N–C) groups is 2. The fourth-order valence-electron chi connectivity index (χ4n) is 3.48. The third-order valence-electron chi connectivity index (χ3n) is 5.25. The first-order chi connectivity index (χ1) is 9.54. The van der Waals surface area contributed by atoms with Crippen LogP contribution >= 0.6 is 0 Å². The van der Waals surface area contributed by atoms with Crippen molar-refractivity contribution in [2.75, 3.05) is 0 Å². The summed E-state index contributed by atoms with van der Waals surface area (Å²) < 4.78 is 0. The summed E-state index contributed by atoms with van der Waals surface area (Å²) in [6.07, 6.45) is 10.5. The van der Waals surface area contributed by atoms with E-state index in [2.05, 4.69) is 27.7 Å². The SMILES string of the molecule is CC(=NC1CCC(C)CC1)C(C)=NC1CCC(C)CC1. The molecule has 2 aliphatic carbocycles. The Balaban J connectivity index is 1.88. The van der Waals surface area contributed by atoms with E-state index in [-0.39, 0.29) is 0 Å². The van der Waals surface area contributed by atoms with Crippen molar-refractivity contribution in [3.63, 3.8) is 0 Å². The quantitative estimate of drug-likeness (QED) is 0.643. The number of hydrogen-bond acceptors (Lipinski definition) is 2. The normalized spacial score (nSPS) is 37.0. The highest BCUT2D eigenvalue weighted by Crippen LogP contribution is 2.27. The van der Waals surface area contributed by atoms with Crippen LogP contribution in [0.1, 0.15) is 79.1 Å². The van der Waals surface area contributed by atoms with Crippen LogP contribution in [-0.2, 0) is 0 Å². The molecule has 0 saturated heterocycles. The van der Waals surface area contributed by atoms with Crippen LogP contribution in [0.5, 0.6) is 0 Å². The summed E-state index contributed by atoms with van der Waals surface area (Å²) in [6, 6.07) is 1.12. The molecule has 0 radical (unpaired) electrons. The van der Waals surface area contributed by atoms with Crippen LogP contribution in [0.15, 0.2) is 9.98 Å². The Bertz CT molecular complexity index is 318. The lowest BCUT2D eigenvalue weighted by atomic mass is 9.87. The number of hydrogen-bond donors (Lipinski definition) is 0. The maximum atomic E-state index is 4.94. The first-order valence-electron chi connectivity index (χ1n) is 8.63. The molecule has 0 heterocycles. The van der Waals surface area contributed by atoms with Gasteiger partial charge in [-0.3, -0.25) is 9.98 Å². The Hall–Kier alpha value is -0.660. The molecular formula is C18H32N2. The minimum absolute atomic E-state index is 0.558. The van der Waals surface area contributed by atoms with Gasteiger partial charge < -0.3 is 0 Å². The van der Waals surface area contributed by atoms with Gasteiger partial charge in [-0.2, -0.15) is 0 Å². The van der Waals surface area contributed by atoms with E-state index in [9.17, 15) is 0 Å². The van der Waals surface area contributed by atoms with Gasteiger partial charge in [-0.1, -0.05) is 13.8 Å². The molecule has 2 nitrogen and oxygen atoms in total. The molecule has 2 aliphatic rings. The summed E-state index contributed by atoms with van der Waals surface area (Å²) in [5.41, 5.74) is 2.37. The second kappa shape index (κ2) is 7.38. The zero-order valence-electron chi connectivity index (χ0n) is 13.9. The van der Waals surface area contributed by atoms with Crippen LogP contribution in [0.4, 0.5) is 0 Å². The minimum Gasteiger partial charge on any atom is -0.285 e. The molecule has 2 rings (SSSR count). The maximum absolute atomic E-state index is 4.94. The number of rotatable bonds is 3. The highest BCUT2D eigenvalue weighted by Gasteiger charge is 2.19. The molecule has 0 unspecified atom stereocenters. The zero-order valence-corrected chi connectivity index (χ0v) is 13.9. The van der Waals surface area contributed by atoms with Crippen LogP contribution < -0.4 is 0 Å². The molecule has 0 aliphatic heterocycles. The van der Waals surface area contributed by atoms with Gasteiger partial charge >= 0.3 is 0 Å². The topological polar surface area (TPSA) is 24.7 Å². The lowest BCUT2D eigenvalue weighted by Crippen LogP contribution is -2.21. The second-order valence-corrected chi connectivity index (χ2v) is 7.26. The molecule has 2 saturated carbocycles. The molecule has 0 aromatic heterocycles. The fourth-order valence-corrected chi connectivity index (χ4v) is 3.48. The molecule has 0 atom stereocenters. The molecule has 0 bridgehead atoms. The smallest absolute Gasteiger partial charge is 0.0528 e. The van der Waals surface area contributed by atoms with Crippen molar-refractivity contribution in [2.45, 2.75) is 91.1 Å². The summed E-state index contributed by atoms with van der Waals surface area (Å²) in [5, 5.41) is 0. The van der Waals surface area contributed by atoms with Crippen LogP contribution in [0, 0.1) is 11.8 Å². The molecule has 0 aromatic rings. The van der Waals surface area contributed by atoms with Crippen LogP contribution in [0.3, 0.4) is 0 Å². The molecule has 0 N–H and O–H groups in total. The van der Waals surface area contributed by atoms with Gasteiger partial charge in [0.05, 0.1) is 23.5 Å². The molecule has 0 aromatic carbocycles. The molecule has 20 heavy (non-hydrogen) atoms. The molecule has 114 valence electrons. The predicted molar refractivity (Wildman–Crippen MR) is 89.1 cm³/mol. The number of nitrogens with zero attached hydrogens (tertiary/aromatic N) is 2. The van der Waals surface area contributed by atoms with Gasteiger partial charge in [-0.25, -0.2) is 0 Å². The van der Waals surface area contributed by atoms with Gasteiger partial charge in [0.15, 0.2) is 0 Å². The molecule has 2 heteroatoms. The van der Waals surface area contributed by atoms with Crippen molar-refractivity contribution < 1.29 is 0 Å². The van der Waals surface area contributed by atoms with E-state index in [1.54, 1.807) is 0 Å². The van der Waals surface area contributed by atoms with Gasteiger partial charge in [0.1, 0.15) is 0 Å². The lowest BCUT2D eigenvalue weighted by Gasteiger charge is -2.25. The standard InChI is InChI=1S/C18H32N2/c1-13-5-9-17(10-6-13)19-15(3)16(4)20-18-11-7-14(2)8-12-18/h13-14,17-18H,5-12H2,1-4H3. The third-order valence-corrected chi connectivity index (χ3v) is 5.25. The average Bonchev–Trinajstić information content (AvgIpc) is 2.44. The van der Waals surface area contributed by atoms with Crippen LogP contribution in [0.2, 0.25) is 0 Å². The molecule has 0 amide bonds. The summed E-state index contributed by atoms with van der Waals surface area (Å²) in [7, 11) is 0. The van der Waals surface area contributed by atoms with Crippen LogP contribution in [-0.4, -0.2) is 23.5 Å². The van der Waals surface area contributed by atoms with Crippen LogP contribution in [0.25, 0.3) is 0 Å². The van der Waals surface area contributed by atoms with Gasteiger partial charge in [0.2, 0.25) is 0 Å². The van der Waals surface area contributed by atoms with Gasteiger partial charge in [-0.15, -0.1) is 0 Å². The summed E-state index contributed by atoms with van der Waals surface area (Å²) in [6.45, 7) is 9.04. The Labute approximate surface area is 125 Å². The van der Waals surface area contributed by atoms with E-state index < -0.39 is 0 Å². The van der Waals surface area contributed by atoms with E-state index in [1.807, 2.05) is 0 Å². The monoisotopic (exact) mass is 276 g/mol. The minimum atomic E-state index is 0.558. The van der Waals surface area contributed by atoms with Crippen molar-refractivity contribution >= 4 is 11.4 Å². The van der Waals surface area contributed by atoms with Gasteiger partial charge in [0.25, 0.3) is 0 Å². The Kier molecular flexibility index (Phi) is 5.80. The fraction of sp³-hybridized carbons (Fsp3) is 0.889. The van der Waals surface area contributed by atoms with Crippen molar-refractivity contribution in [1.82, 2.24) is 0 Å². The maximum Gasteiger partial charge on any atom is 0.0528 e. The summed E-state index contributed by atoms with van der Waals surface area (Å²) in [4.78, 5) is 9.87. The van der Waals surface area contributed by atoms with Gasteiger partial charge in [-0.05, 0) is 77.0 Å². The largest absolute Gasteiger partial charge is 0.285 e. The Morgan fingerprint density at radius 3 is 1.20 bits per heavy atom. The van der Waals surface area contributed by atoms with E-state index in [0.29, 0.717) is 12.1 Å². The predicted octanol–water partition coefficient (Wildman–Crippen LogP) is 5.07. The van der Waals surface area contributed by atoms with E-state index in [1.165, 1.54) is 62.8 Å². The van der Waals surface area contributed by atoms with E-state index in [4.69, 9.17) is 9.98 Å². The Morgan fingerprint density at radius 1 is 0.600 bits per heavy atom. The van der Waals surface area contributed by atoms with E-state index in [0.717, 1.165) is 11.8 Å². The van der Waals surface area contributed by atoms with Crippen molar-refractivity contribution in [3.8, 4) is 0 Å². The van der Waals surface area contributed by atoms with Crippen molar-refractivity contribution in [2.24, 2.45) is 21.8 Å². The second-order valence-electron chi connectivity index (χ2n) is 7.26. The lowest BCUT2D eigenvalue weighted by molar-refractivity contribution is 0.348. The molecule has 0 spiro atoms. The highest BCUT2D eigenvalue weighted by molar-refractivity contribution is 6.40.